The first-order valence-corrected chi connectivity index (χ1v) is 10.6. The first kappa shape index (κ1) is 22.9. The van der Waals surface area contributed by atoms with E-state index in [4.69, 9.17) is 4.52 Å². The summed E-state index contributed by atoms with van der Waals surface area (Å²) in [4.78, 5) is 41.1. The molecule has 0 radical (unpaired) electrons. The summed E-state index contributed by atoms with van der Waals surface area (Å²) >= 11 is 0. The number of carboxylic acid groups (broad SMARTS) is 1. The van der Waals surface area contributed by atoms with Gasteiger partial charge < -0.3 is 14.7 Å². The van der Waals surface area contributed by atoms with Crippen LogP contribution in [0.4, 0.5) is 0 Å². The Hall–Kier alpha value is -2.77. The number of aryl methyl sites for hydroxylation is 1. The van der Waals surface area contributed by atoms with Gasteiger partial charge in [-0.1, -0.05) is 32.9 Å². The van der Waals surface area contributed by atoms with Crippen molar-refractivity contribution in [2.45, 2.75) is 79.2 Å². The molecule has 31 heavy (non-hydrogen) atoms. The fraction of sp³-hybridized carbons (Fsp3) is 0.609. The van der Waals surface area contributed by atoms with Crippen molar-refractivity contribution < 1.29 is 29.1 Å². The van der Waals surface area contributed by atoms with E-state index in [1.54, 1.807) is 0 Å². The molecular weight excluding hydrogens is 400 g/mol. The van der Waals surface area contributed by atoms with Crippen LogP contribution in [0.25, 0.3) is 0 Å². The average Bonchev–Trinajstić information content (AvgIpc) is 2.99. The lowest BCUT2D eigenvalue weighted by Crippen LogP contribution is -2.30. The number of aliphatic imine (C=N–C) groups is 1. The van der Waals surface area contributed by atoms with Gasteiger partial charge in [-0.3, -0.25) is 14.6 Å². The van der Waals surface area contributed by atoms with Gasteiger partial charge in [0.15, 0.2) is 11.6 Å². The van der Waals surface area contributed by atoms with Gasteiger partial charge in [-0.25, -0.2) is 4.79 Å². The molecule has 0 fully saturated rings. The number of aliphatic hydroxyl groups is 1. The third-order valence-electron chi connectivity index (χ3n) is 5.84. The highest BCUT2D eigenvalue weighted by Crippen LogP contribution is 2.38. The van der Waals surface area contributed by atoms with E-state index < -0.39 is 12.0 Å². The van der Waals surface area contributed by atoms with Crippen molar-refractivity contribution in [3.63, 3.8) is 0 Å². The Kier molecular flexibility index (Phi) is 5.95. The second-order valence-electron chi connectivity index (χ2n) is 10.2. The van der Waals surface area contributed by atoms with E-state index in [9.17, 15) is 24.6 Å². The highest BCUT2D eigenvalue weighted by molar-refractivity contribution is 6.23. The summed E-state index contributed by atoms with van der Waals surface area (Å²) in [5.41, 5.74) is 0.723. The minimum atomic E-state index is -1.13. The molecule has 0 aliphatic heterocycles. The number of aliphatic carboxylic acids is 1. The maximum atomic E-state index is 12.8. The zero-order valence-electron chi connectivity index (χ0n) is 18.7. The number of aromatic nitrogens is 1. The second-order valence-corrected chi connectivity index (χ2v) is 10.2. The number of ketones is 2. The van der Waals surface area contributed by atoms with Gasteiger partial charge in [-0.2, -0.15) is 0 Å². The molecule has 0 amide bonds. The molecule has 8 nitrogen and oxygen atoms in total. The molecular formula is C23H30N2O6. The van der Waals surface area contributed by atoms with Crippen molar-refractivity contribution in [3.8, 4) is 0 Å². The lowest BCUT2D eigenvalue weighted by molar-refractivity contribution is -0.138. The van der Waals surface area contributed by atoms with E-state index >= 15 is 0 Å². The quantitative estimate of drug-likeness (QED) is 0.655. The van der Waals surface area contributed by atoms with Crippen LogP contribution in [0.1, 0.15) is 82.1 Å². The van der Waals surface area contributed by atoms with Crippen LogP contribution >= 0.6 is 0 Å². The lowest BCUT2D eigenvalue weighted by atomic mass is 9.74. The van der Waals surface area contributed by atoms with Gasteiger partial charge in [-0.15, -0.1) is 0 Å². The fourth-order valence-corrected chi connectivity index (χ4v) is 4.39. The van der Waals surface area contributed by atoms with Crippen LogP contribution in [-0.2, 0) is 22.4 Å². The monoisotopic (exact) mass is 430 g/mol. The van der Waals surface area contributed by atoms with Crippen LogP contribution in [0.15, 0.2) is 20.8 Å². The minimum absolute atomic E-state index is 0.0301. The number of fused-ring (bicyclic) bond motifs is 1. The predicted octanol–water partition coefficient (Wildman–Crippen LogP) is 3.88. The number of carboxylic acids is 1. The maximum absolute atomic E-state index is 12.8. The average molecular weight is 431 g/mol. The number of aliphatic hydroxyl groups excluding tert-OH is 1. The minimum Gasteiger partial charge on any atom is -0.511 e. The Morgan fingerprint density at radius 1 is 1.10 bits per heavy atom. The number of Topliss-reactive ketones (excluding diaryl/α,β-unsaturated/α-hetero) is 2. The number of rotatable bonds is 6. The molecule has 1 atom stereocenters. The molecule has 1 heterocycles. The Bertz CT molecular complexity index is 996. The fourth-order valence-electron chi connectivity index (χ4n) is 4.39. The number of carbonyl (C=O) groups excluding carboxylic acids is 2. The van der Waals surface area contributed by atoms with Crippen molar-refractivity contribution in [2.24, 2.45) is 15.8 Å². The topological polar surface area (TPSA) is 130 Å². The summed E-state index contributed by atoms with van der Waals surface area (Å²) in [6, 6.07) is -1.08. The third kappa shape index (κ3) is 4.94. The van der Waals surface area contributed by atoms with E-state index in [1.165, 1.54) is 6.92 Å². The van der Waals surface area contributed by atoms with Gasteiger partial charge in [0.25, 0.3) is 0 Å². The Morgan fingerprint density at radius 3 is 2.32 bits per heavy atom. The summed E-state index contributed by atoms with van der Waals surface area (Å²) in [6.45, 7) is 9.20. The zero-order chi connectivity index (χ0) is 23.1. The van der Waals surface area contributed by atoms with Gasteiger partial charge >= 0.3 is 5.97 Å². The van der Waals surface area contributed by atoms with Crippen LogP contribution in [0.5, 0.6) is 0 Å². The van der Waals surface area contributed by atoms with Gasteiger partial charge in [0, 0.05) is 25.7 Å². The highest BCUT2D eigenvalue weighted by atomic mass is 16.5. The standard InChI is InChI=1S/C23H30N2O6/c1-12(21(29)30)24-13(19-15(26)8-22(2,3)9-16(19)27)6-7-14-20-17(28)10-23(4,5)11-18(20)31-25-14/h12,26H,6-11H2,1-5H3,(H,29,30). The Labute approximate surface area is 181 Å². The molecule has 0 aromatic carbocycles. The SMILES string of the molecule is CC(N=C(CCc1noc2c1C(=O)CC(C)(C)C2)C1=C(O)CC(C)(C)CC1=O)C(=O)O. The van der Waals surface area contributed by atoms with Gasteiger partial charge in [-0.05, 0) is 30.6 Å². The lowest BCUT2D eigenvalue weighted by Gasteiger charge is -2.30. The largest absolute Gasteiger partial charge is 0.511 e. The number of hydrogen-bond donors (Lipinski definition) is 2. The summed E-state index contributed by atoms with van der Waals surface area (Å²) in [5, 5.41) is 24.0. The number of nitrogens with zero attached hydrogens (tertiary/aromatic N) is 2. The Morgan fingerprint density at radius 2 is 1.71 bits per heavy atom. The van der Waals surface area contributed by atoms with Crippen LogP contribution in [-0.4, -0.2) is 44.7 Å². The van der Waals surface area contributed by atoms with Crippen LogP contribution in [0, 0.1) is 10.8 Å². The smallest absolute Gasteiger partial charge is 0.328 e. The van der Waals surface area contributed by atoms with Gasteiger partial charge in [0.1, 0.15) is 17.6 Å². The molecule has 2 N–H and O–H groups in total. The molecule has 8 heteroatoms. The zero-order valence-corrected chi connectivity index (χ0v) is 18.7. The van der Waals surface area contributed by atoms with Crippen molar-refractivity contribution in [2.75, 3.05) is 0 Å². The molecule has 1 aromatic heterocycles. The van der Waals surface area contributed by atoms with Crippen LogP contribution in [0.2, 0.25) is 0 Å². The molecule has 0 saturated heterocycles. The molecule has 3 rings (SSSR count). The first-order chi connectivity index (χ1) is 14.3. The molecule has 0 spiro atoms. The molecule has 1 unspecified atom stereocenters. The normalized spacial score (nSPS) is 21.8. The predicted molar refractivity (Wildman–Crippen MR) is 113 cm³/mol. The van der Waals surface area contributed by atoms with Crippen molar-refractivity contribution in [3.05, 3.63) is 28.3 Å². The number of hydrogen-bond acceptors (Lipinski definition) is 7. The summed E-state index contributed by atoms with van der Waals surface area (Å²) in [6.07, 6.45) is 1.96. The summed E-state index contributed by atoms with van der Waals surface area (Å²) < 4.78 is 5.43. The molecule has 0 bridgehead atoms. The first-order valence-electron chi connectivity index (χ1n) is 10.6. The van der Waals surface area contributed by atoms with E-state index in [2.05, 4.69) is 10.1 Å². The van der Waals surface area contributed by atoms with Crippen molar-refractivity contribution in [1.29, 1.82) is 0 Å². The Balaban J connectivity index is 1.92. The summed E-state index contributed by atoms with van der Waals surface area (Å²) in [5.74, 6) is -0.927. The van der Waals surface area contributed by atoms with Crippen LogP contribution in [0.3, 0.4) is 0 Å². The molecule has 2 aliphatic rings. The van der Waals surface area contributed by atoms with Crippen molar-refractivity contribution in [1.82, 2.24) is 5.16 Å². The van der Waals surface area contributed by atoms with Gasteiger partial charge in [0.05, 0.1) is 22.5 Å². The van der Waals surface area contributed by atoms with E-state index in [1.807, 2.05) is 27.7 Å². The molecule has 2 aliphatic carbocycles. The maximum Gasteiger partial charge on any atom is 0.328 e. The highest BCUT2D eigenvalue weighted by Gasteiger charge is 2.38. The van der Waals surface area contributed by atoms with Crippen LogP contribution < -0.4 is 0 Å². The van der Waals surface area contributed by atoms with Gasteiger partial charge in [0.2, 0.25) is 0 Å². The number of allylic oxidation sites excluding steroid dienone is 2. The van der Waals surface area contributed by atoms with E-state index in [0.717, 1.165) is 0 Å². The van der Waals surface area contributed by atoms with E-state index in [-0.39, 0.29) is 58.7 Å². The number of carbonyl (C=O) groups is 3. The molecule has 1 aromatic rings. The molecule has 0 saturated carbocycles. The molecule has 168 valence electrons. The summed E-state index contributed by atoms with van der Waals surface area (Å²) in [7, 11) is 0. The second kappa shape index (κ2) is 8.05. The van der Waals surface area contributed by atoms with E-state index in [0.29, 0.717) is 36.3 Å². The third-order valence-corrected chi connectivity index (χ3v) is 5.84. The van der Waals surface area contributed by atoms with Crippen molar-refractivity contribution >= 4 is 23.2 Å².